The molecule has 0 spiro atoms. The van der Waals surface area contributed by atoms with Gasteiger partial charge < -0.3 is 20.5 Å². The lowest BCUT2D eigenvalue weighted by atomic mass is 10.1. The van der Waals surface area contributed by atoms with E-state index in [-0.39, 0.29) is 18.4 Å². The molecule has 2 unspecified atom stereocenters. The summed E-state index contributed by atoms with van der Waals surface area (Å²) in [5, 5.41) is 2.83. The Morgan fingerprint density at radius 2 is 2.15 bits per heavy atom. The number of ether oxygens (including phenoxy) is 2. The van der Waals surface area contributed by atoms with E-state index in [2.05, 4.69) is 11.2 Å². The van der Waals surface area contributed by atoms with Gasteiger partial charge in [0.25, 0.3) is 0 Å². The van der Waals surface area contributed by atoms with Gasteiger partial charge in [0, 0.05) is 6.42 Å². The van der Waals surface area contributed by atoms with E-state index in [4.69, 9.17) is 21.6 Å². The molecule has 20 heavy (non-hydrogen) atoms. The number of fused-ring (bicyclic) bond motifs is 1. The Morgan fingerprint density at radius 3 is 2.85 bits per heavy atom. The first-order valence-electron chi connectivity index (χ1n) is 6.50. The van der Waals surface area contributed by atoms with E-state index in [1.807, 2.05) is 25.1 Å². The second-order valence-electron chi connectivity index (χ2n) is 4.65. The van der Waals surface area contributed by atoms with Crippen molar-refractivity contribution in [2.75, 3.05) is 13.2 Å². The van der Waals surface area contributed by atoms with Crippen molar-refractivity contribution in [1.29, 1.82) is 0 Å². The van der Waals surface area contributed by atoms with Crippen LogP contribution in [0, 0.1) is 12.3 Å². The molecule has 2 rings (SSSR count). The molecule has 0 aliphatic carbocycles. The Kier molecular flexibility index (Phi) is 4.49. The van der Waals surface area contributed by atoms with Crippen LogP contribution in [0.2, 0.25) is 0 Å². The van der Waals surface area contributed by atoms with E-state index < -0.39 is 6.04 Å². The predicted octanol–water partition coefficient (Wildman–Crippen LogP) is 0.986. The van der Waals surface area contributed by atoms with Crippen LogP contribution in [-0.2, 0) is 4.79 Å². The van der Waals surface area contributed by atoms with Crippen LogP contribution in [0.15, 0.2) is 18.2 Å². The summed E-state index contributed by atoms with van der Waals surface area (Å²) < 4.78 is 11.0. The monoisotopic (exact) mass is 274 g/mol. The minimum Gasteiger partial charge on any atom is -0.486 e. The van der Waals surface area contributed by atoms with Gasteiger partial charge >= 0.3 is 0 Å². The Balaban J connectivity index is 2.04. The van der Waals surface area contributed by atoms with Gasteiger partial charge in [0.1, 0.15) is 13.2 Å². The van der Waals surface area contributed by atoms with Crippen LogP contribution < -0.4 is 20.5 Å². The van der Waals surface area contributed by atoms with E-state index in [0.29, 0.717) is 19.0 Å². The number of carbonyl (C=O) groups is 1. The van der Waals surface area contributed by atoms with Crippen LogP contribution in [-0.4, -0.2) is 25.2 Å². The van der Waals surface area contributed by atoms with Crippen molar-refractivity contribution in [1.82, 2.24) is 5.32 Å². The van der Waals surface area contributed by atoms with Gasteiger partial charge in [-0.3, -0.25) is 4.79 Å². The summed E-state index contributed by atoms with van der Waals surface area (Å²) in [6.45, 7) is 2.97. The molecule has 0 aromatic heterocycles. The third-order valence-electron chi connectivity index (χ3n) is 3.10. The maximum Gasteiger partial charge on any atom is 0.238 e. The topological polar surface area (TPSA) is 73.6 Å². The van der Waals surface area contributed by atoms with Gasteiger partial charge in [-0.1, -0.05) is 6.07 Å². The molecule has 5 nitrogen and oxygen atoms in total. The average Bonchev–Trinajstić information content (AvgIpc) is 2.46. The molecule has 2 atom stereocenters. The minimum atomic E-state index is -0.681. The molecule has 106 valence electrons. The molecule has 1 aromatic carbocycles. The van der Waals surface area contributed by atoms with Crippen molar-refractivity contribution in [3.63, 3.8) is 0 Å². The normalized spacial score (nSPS) is 15.8. The molecule has 1 amide bonds. The Morgan fingerprint density at radius 1 is 1.45 bits per heavy atom. The third kappa shape index (κ3) is 3.22. The van der Waals surface area contributed by atoms with Crippen molar-refractivity contribution in [3.05, 3.63) is 23.8 Å². The second kappa shape index (κ2) is 6.31. The maximum atomic E-state index is 11.8. The predicted molar refractivity (Wildman–Crippen MR) is 75.4 cm³/mol. The highest BCUT2D eigenvalue weighted by molar-refractivity contribution is 5.82. The van der Waals surface area contributed by atoms with Crippen molar-refractivity contribution < 1.29 is 14.3 Å². The molecule has 1 aliphatic heterocycles. The lowest BCUT2D eigenvalue weighted by Gasteiger charge is -2.21. The zero-order valence-electron chi connectivity index (χ0n) is 11.4. The summed E-state index contributed by atoms with van der Waals surface area (Å²) in [5.41, 5.74) is 6.59. The SMILES string of the molecule is C#CCC(N)C(=O)NC(C)c1ccc2c(c1)OCCO2. The van der Waals surface area contributed by atoms with Crippen LogP contribution in [0.1, 0.15) is 24.9 Å². The maximum absolute atomic E-state index is 11.8. The lowest BCUT2D eigenvalue weighted by molar-refractivity contribution is -0.122. The number of hydrogen-bond donors (Lipinski definition) is 2. The molecule has 1 heterocycles. The summed E-state index contributed by atoms with van der Waals surface area (Å²) in [6, 6.07) is 4.74. The molecule has 1 aromatic rings. The summed E-state index contributed by atoms with van der Waals surface area (Å²) in [4.78, 5) is 11.8. The number of benzene rings is 1. The molecule has 0 radical (unpaired) electrons. The minimum absolute atomic E-state index is 0.179. The summed E-state index contributed by atoms with van der Waals surface area (Å²) in [6.07, 6.45) is 5.37. The van der Waals surface area contributed by atoms with Crippen LogP contribution in [0.25, 0.3) is 0 Å². The molecule has 0 saturated carbocycles. The number of nitrogens with one attached hydrogen (secondary N) is 1. The van der Waals surface area contributed by atoms with Gasteiger partial charge in [0.05, 0.1) is 12.1 Å². The zero-order chi connectivity index (χ0) is 14.5. The zero-order valence-corrected chi connectivity index (χ0v) is 11.4. The van der Waals surface area contributed by atoms with Gasteiger partial charge in [0.15, 0.2) is 11.5 Å². The van der Waals surface area contributed by atoms with E-state index >= 15 is 0 Å². The molecule has 0 saturated heterocycles. The fourth-order valence-corrected chi connectivity index (χ4v) is 1.95. The molecule has 0 bridgehead atoms. The van der Waals surface area contributed by atoms with Crippen molar-refractivity contribution in [3.8, 4) is 23.8 Å². The van der Waals surface area contributed by atoms with Gasteiger partial charge in [-0.05, 0) is 24.6 Å². The Bertz CT molecular complexity index is 536. The van der Waals surface area contributed by atoms with Crippen LogP contribution in [0.4, 0.5) is 0 Å². The molecule has 5 heteroatoms. The lowest BCUT2D eigenvalue weighted by Crippen LogP contribution is -2.41. The fourth-order valence-electron chi connectivity index (χ4n) is 1.95. The highest BCUT2D eigenvalue weighted by Crippen LogP contribution is 2.32. The van der Waals surface area contributed by atoms with Crippen molar-refractivity contribution >= 4 is 5.91 Å². The van der Waals surface area contributed by atoms with E-state index in [0.717, 1.165) is 11.3 Å². The summed E-state index contributed by atoms with van der Waals surface area (Å²) in [7, 11) is 0. The van der Waals surface area contributed by atoms with E-state index in [1.54, 1.807) is 0 Å². The smallest absolute Gasteiger partial charge is 0.238 e. The molecule has 0 fully saturated rings. The summed E-state index contributed by atoms with van der Waals surface area (Å²) >= 11 is 0. The number of amides is 1. The first kappa shape index (κ1) is 14.2. The number of terminal acetylenes is 1. The molecule has 1 aliphatic rings. The Hall–Kier alpha value is -2.19. The summed E-state index contributed by atoms with van der Waals surface area (Å²) in [5.74, 6) is 3.54. The molecule has 3 N–H and O–H groups in total. The van der Waals surface area contributed by atoms with Gasteiger partial charge in [-0.15, -0.1) is 12.3 Å². The van der Waals surface area contributed by atoms with Crippen LogP contribution in [0.5, 0.6) is 11.5 Å². The van der Waals surface area contributed by atoms with Crippen molar-refractivity contribution in [2.45, 2.75) is 25.4 Å². The first-order chi connectivity index (χ1) is 9.61. The quantitative estimate of drug-likeness (QED) is 0.803. The molecular weight excluding hydrogens is 256 g/mol. The third-order valence-corrected chi connectivity index (χ3v) is 3.10. The number of carbonyl (C=O) groups excluding carboxylic acids is 1. The van der Waals surface area contributed by atoms with Crippen LogP contribution in [0.3, 0.4) is 0 Å². The molecular formula is C15H18N2O3. The van der Waals surface area contributed by atoms with E-state index in [9.17, 15) is 4.79 Å². The van der Waals surface area contributed by atoms with Crippen molar-refractivity contribution in [2.24, 2.45) is 5.73 Å². The first-order valence-corrected chi connectivity index (χ1v) is 6.50. The highest BCUT2D eigenvalue weighted by Gasteiger charge is 2.18. The number of hydrogen-bond acceptors (Lipinski definition) is 4. The van der Waals surface area contributed by atoms with E-state index in [1.165, 1.54) is 0 Å². The van der Waals surface area contributed by atoms with Gasteiger partial charge in [-0.25, -0.2) is 0 Å². The largest absolute Gasteiger partial charge is 0.486 e. The van der Waals surface area contributed by atoms with Crippen LogP contribution >= 0.6 is 0 Å². The highest BCUT2D eigenvalue weighted by atomic mass is 16.6. The van der Waals surface area contributed by atoms with Gasteiger partial charge in [-0.2, -0.15) is 0 Å². The number of nitrogens with two attached hydrogens (primary N) is 1. The standard InChI is InChI=1S/C15H18N2O3/c1-3-4-12(16)15(18)17-10(2)11-5-6-13-14(9-11)20-8-7-19-13/h1,5-6,9-10,12H,4,7-8,16H2,2H3,(H,17,18). The average molecular weight is 274 g/mol. The van der Waals surface area contributed by atoms with Gasteiger partial charge in [0.2, 0.25) is 5.91 Å². The number of rotatable bonds is 4. The Labute approximate surface area is 118 Å². The second-order valence-corrected chi connectivity index (χ2v) is 4.65. The fraction of sp³-hybridized carbons (Fsp3) is 0.400.